The van der Waals surface area contributed by atoms with Crippen LogP contribution in [-0.2, 0) is 6.54 Å². The third-order valence-electron chi connectivity index (χ3n) is 3.62. The lowest BCUT2D eigenvalue weighted by molar-refractivity contribution is 0.169. The number of piperidine rings is 1. The number of methoxy groups -OCH3 is 1. The van der Waals surface area contributed by atoms with Gasteiger partial charge >= 0.3 is 0 Å². The van der Waals surface area contributed by atoms with E-state index in [1.165, 1.54) is 12.8 Å². The predicted molar refractivity (Wildman–Crippen MR) is 71.7 cm³/mol. The average molecular weight is 250 g/mol. The van der Waals surface area contributed by atoms with Crippen molar-refractivity contribution in [3.8, 4) is 11.5 Å². The van der Waals surface area contributed by atoms with Gasteiger partial charge in [-0.25, -0.2) is 0 Å². The fourth-order valence-corrected chi connectivity index (χ4v) is 2.53. The lowest BCUT2D eigenvalue weighted by Crippen LogP contribution is -2.37. The number of ether oxygens (including phenoxy) is 1. The third-order valence-corrected chi connectivity index (χ3v) is 3.62. The molecule has 0 bridgehead atoms. The quantitative estimate of drug-likeness (QED) is 0.851. The summed E-state index contributed by atoms with van der Waals surface area (Å²) in [5.41, 5.74) is 6.69. The molecule has 1 aliphatic heterocycles. The van der Waals surface area contributed by atoms with Gasteiger partial charge in [0.2, 0.25) is 0 Å². The molecule has 4 nitrogen and oxygen atoms in total. The number of nitrogens with zero attached hydrogens (tertiary/aromatic N) is 1. The molecule has 0 spiro atoms. The largest absolute Gasteiger partial charge is 0.507 e. The van der Waals surface area contributed by atoms with Crippen LogP contribution in [0.2, 0.25) is 0 Å². The number of aromatic hydroxyl groups is 1. The van der Waals surface area contributed by atoms with Crippen molar-refractivity contribution in [2.75, 3.05) is 26.7 Å². The Labute approximate surface area is 108 Å². The molecule has 1 aromatic rings. The first-order valence-electron chi connectivity index (χ1n) is 6.51. The normalized spacial score (nSPS) is 20.9. The Balaban J connectivity index is 2.00. The SMILES string of the molecule is COc1ccc(CN2CCCC(CN)C2)c(O)c1. The summed E-state index contributed by atoms with van der Waals surface area (Å²) >= 11 is 0. The van der Waals surface area contributed by atoms with Gasteiger partial charge in [-0.3, -0.25) is 4.90 Å². The molecular weight excluding hydrogens is 228 g/mol. The van der Waals surface area contributed by atoms with Gasteiger partial charge in [-0.15, -0.1) is 0 Å². The summed E-state index contributed by atoms with van der Waals surface area (Å²) in [5, 5.41) is 9.94. The predicted octanol–water partition coefficient (Wildman–Crippen LogP) is 1.57. The Morgan fingerprint density at radius 1 is 1.50 bits per heavy atom. The molecule has 0 saturated carbocycles. The highest BCUT2D eigenvalue weighted by molar-refractivity contribution is 5.39. The van der Waals surface area contributed by atoms with Gasteiger partial charge in [0.25, 0.3) is 0 Å². The Morgan fingerprint density at radius 2 is 2.33 bits per heavy atom. The monoisotopic (exact) mass is 250 g/mol. The van der Waals surface area contributed by atoms with Gasteiger partial charge in [-0.05, 0) is 37.9 Å². The van der Waals surface area contributed by atoms with E-state index in [0.717, 1.165) is 31.7 Å². The molecular formula is C14H22N2O2. The van der Waals surface area contributed by atoms with Gasteiger partial charge in [0.1, 0.15) is 11.5 Å². The molecule has 1 atom stereocenters. The maximum Gasteiger partial charge on any atom is 0.123 e. The number of phenolic OH excluding ortho intramolecular Hbond substituents is 1. The first kappa shape index (κ1) is 13.2. The van der Waals surface area contributed by atoms with E-state index in [1.807, 2.05) is 12.1 Å². The molecule has 4 heteroatoms. The zero-order valence-electron chi connectivity index (χ0n) is 10.9. The van der Waals surface area contributed by atoms with Crippen molar-refractivity contribution < 1.29 is 9.84 Å². The summed E-state index contributed by atoms with van der Waals surface area (Å²) in [6.07, 6.45) is 2.42. The Morgan fingerprint density at radius 3 is 3.00 bits per heavy atom. The number of phenols is 1. The molecule has 0 amide bonds. The minimum atomic E-state index is 0.309. The average Bonchev–Trinajstić information content (AvgIpc) is 2.41. The number of nitrogens with two attached hydrogens (primary N) is 1. The van der Waals surface area contributed by atoms with E-state index in [9.17, 15) is 5.11 Å². The van der Waals surface area contributed by atoms with Crippen LogP contribution in [0.15, 0.2) is 18.2 Å². The molecule has 1 heterocycles. The van der Waals surface area contributed by atoms with Crippen LogP contribution in [0.1, 0.15) is 18.4 Å². The van der Waals surface area contributed by atoms with Crippen LogP contribution in [0.3, 0.4) is 0 Å². The third kappa shape index (κ3) is 3.15. The van der Waals surface area contributed by atoms with Crippen molar-refractivity contribution >= 4 is 0 Å². The van der Waals surface area contributed by atoms with Crippen LogP contribution in [0.4, 0.5) is 0 Å². The highest BCUT2D eigenvalue weighted by Gasteiger charge is 2.19. The molecule has 1 unspecified atom stereocenters. The Bertz CT molecular complexity index is 395. The minimum absolute atomic E-state index is 0.309. The minimum Gasteiger partial charge on any atom is -0.507 e. The molecule has 1 fully saturated rings. The fourth-order valence-electron chi connectivity index (χ4n) is 2.53. The standard InChI is InChI=1S/C14H22N2O2/c1-18-13-5-4-12(14(17)7-13)10-16-6-2-3-11(8-15)9-16/h4-5,7,11,17H,2-3,6,8-10,15H2,1H3. The molecule has 0 radical (unpaired) electrons. The molecule has 100 valence electrons. The number of hydrogen-bond donors (Lipinski definition) is 2. The second-order valence-electron chi connectivity index (χ2n) is 4.97. The van der Waals surface area contributed by atoms with E-state index in [0.29, 0.717) is 17.4 Å². The highest BCUT2D eigenvalue weighted by atomic mass is 16.5. The summed E-state index contributed by atoms with van der Waals surface area (Å²) in [4.78, 5) is 2.36. The van der Waals surface area contributed by atoms with Crippen LogP contribution in [0.5, 0.6) is 11.5 Å². The number of likely N-dealkylation sites (tertiary alicyclic amines) is 1. The summed E-state index contributed by atoms with van der Waals surface area (Å²) in [7, 11) is 1.60. The molecule has 1 saturated heterocycles. The van der Waals surface area contributed by atoms with Crippen LogP contribution in [-0.4, -0.2) is 36.8 Å². The zero-order chi connectivity index (χ0) is 13.0. The van der Waals surface area contributed by atoms with E-state index in [-0.39, 0.29) is 0 Å². The van der Waals surface area contributed by atoms with Crippen LogP contribution >= 0.6 is 0 Å². The Kier molecular flexibility index (Phi) is 4.44. The maximum absolute atomic E-state index is 9.94. The van der Waals surface area contributed by atoms with Crippen molar-refractivity contribution in [3.05, 3.63) is 23.8 Å². The molecule has 0 aromatic heterocycles. The van der Waals surface area contributed by atoms with Gasteiger partial charge in [-0.2, -0.15) is 0 Å². The number of hydrogen-bond acceptors (Lipinski definition) is 4. The summed E-state index contributed by atoms with van der Waals surface area (Å²) in [6, 6.07) is 5.49. The lowest BCUT2D eigenvalue weighted by atomic mass is 9.98. The summed E-state index contributed by atoms with van der Waals surface area (Å²) < 4.78 is 5.08. The highest BCUT2D eigenvalue weighted by Crippen LogP contribution is 2.26. The lowest BCUT2D eigenvalue weighted by Gasteiger charge is -2.32. The molecule has 1 aromatic carbocycles. The van der Waals surface area contributed by atoms with E-state index >= 15 is 0 Å². The van der Waals surface area contributed by atoms with Crippen LogP contribution in [0.25, 0.3) is 0 Å². The van der Waals surface area contributed by atoms with Crippen molar-refractivity contribution in [3.63, 3.8) is 0 Å². The van der Waals surface area contributed by atoms with Gasteiger partial charge in [0.05, 0.1) is 7.11 Å². The summed E-state index contributed by atoms with van der Waals surface area (Å²) in [5.74, 6) is 1.60. The second kappa shape index (κ2) is 6.07. The molecule has 18 heavy (non-hydrogen) atoms. The number of rotatable bonds is 4. The molecule has 0 aliphatic carbocycles. The smallest absolute Gasteiger partial charge is 0.123 e. The van der Waals surface area contributed by atoms with Gasteiger partial charge in [-0.1, -0.05) is 6.07 Å². The topological polar surface area (TPSA) is 58.7 Å². The maximum atomic E-state index is 9.94. The van der Waals surface area contributed by atoms with Crippen molar-refractivity contribution in [2.24, 2.45) is 11.7 Å². The van der Waals surface area contributed by atoms with Gasteiger partial charge in [0, 0.05) is 24.7 Å². The van der Waals surface area contributed by atoms with Crippen molar-refractivity contribution in [1.82, 2.24) is 4.90 Å². The van der Waals surface area contributed by atoms with E-state index in [4.69, 9.17) is 10.5 Å². The van der Waals surface area contributed by atoms with E-state index < -0.39 is 0 Å². The first-order valence-corrected chi connectivity index (χ1v) is 6.51. The van der Waals surface area contributed by atoms with Gasteiger partial charge in [0.15, 0.2) is 0 Å². The number of benzene rings is 1. The van der Waals surface area contributed by atoms with Crippen LogP contribution < -0.4 is 10.5 Å². The van der Waals surface area contributed by atoms with Gasteiger partial charge < -0.3 is 15.6 Å². The zero-order valence-corrected chi connectivity index (χ0v) is 10.9. The first-order chi connectivity index (χ1) is 8.72. The molecule has 1 aliphatic rings. The molecule has 3 N–H and O–H groups in total. The van der Waals surface area contributed by atoms with E-state index in [1.54, 1.807) is 13.2 Å². The Hall–Kier alpha value is -1.26. The second-order valence-corrected chi connectivity index (χ2v) is 4.97. The van der Waals surface area contributed by atoms with Crippen molar-refractivity contribution in [2.45, 2.75) is 19.4 Å². The van der Waals surface area contributed by atoms with Crippen molar-refractivity contribution in [1.29, 1.82) is 0 Å². The van der Waals surface area contributed by atoms with E-state index in [2.05, 4.69) is 4.90 Å². The molecule has 2 rings (SSSR count). The fraction of sp³-hybridized carbons (Fsp3) is 0.571. The van der Waals surface area contributed by atoms with Crippen LogP contribution in [0, 0.1) is 5.92 Å². The summed E-state index contributed by atoms with van der Waals surface area (Å²) in [6.45, 7) is 3.65.